The van der Waals surface area contributed by atoms with Crippen LogP contribution in [0.15, 0.2) is 77.3 Å². The smallest absolute Gasteiger partial charge is 0.428 e. The molecule has 0 unspecified atom stereocenters. The molecule has 0 spiro atoms. The molecular formula is C28H26BrF5N2O2. The fraction of sp³-hybridized carbons (Fsp3) is 0.321. The Labute approximate surface area is 225 Å². The zero-order valence-corrected chi connectivity index (χ0v) is 21.8. The van der Waals surface area contributed by atoms with E-state index in [1.807, 2.05) is 18.2 Å². The molecule has 3 aromatic rings. The number of benzene rings is 3. The van der Waals surface area contributed by atoms with E-state index >= 15 is 0 Å². The highest BCUT2D eigenvalue weighted by atomic mass is 79.9. The van der Waals surface area contributed by atoms with Gasteiger partial charge in [-0.3, -0.25) is 0 Å². The van der Waals surface area contributed by atoms with E-state index in [1.165, 1.54) is 0 Å². The van der Waals surface area contributed by atoms with Crippen molar-refractivity contribution in [2.24, 2.45) is 0 Å². The van der Waals surface area contributed by atoms with Crippen molar-refractivity contribution >= 4 is 22.0 Å². The van der Waals surface area contributed by atoms with Gasteiger partial charge in [-0.05, 0) is 53.8 Å². The van der Waals surface area contributed by atoms with E-state index in [1.54, 1.807) is 36.4 Å². The van der Waals surface area contributed by atoms with Crippen LogP contribution in [0.5, 0.6) is 5.75 Å². The van der Waals surface area contributed by atoms with Gasteiger partial charge in [-0.2, -0.15) is 17.6 Å². The minimum Gasteiger partial charge on any atom is -0.428 e. The Hall–Kier alpha value is -3.14. The molecule has 1 saturated carbocycles. The van der Waals surface area contributed by atoms with Crippen LogP contribution in [0.2, 0.25) is 0 Å². The quantitative estimate of drug-likeness (QED) is 0.250. The summed E-state index contributed by atoms with van der Waals surface area (Å²) >= 11 is 3.42. The van der Waals surface area contributed by atoms with Crippen LogP contribution in [0.25, 0.3) is 0 Å². The third kappa shape index (κ3) is 6.64. The second kappa shape index (κ2) is 11.7. The molecule has 0 aliphatic heterocycles. The number of amides is 2. The fourth-order valence-corrected chi connectivity index (χ4v) is 5.17. The zero-order valence-electron chi connectivity index (χ0n) is 20.2. The van der Waals surface area contributed by atoms with Crippen molar-refractivity contribution in [1.29, 1.82) is 0 Å². The highest BCUT2D eigenvalue weighted by Gasteiger charge is 2.45. The van der Waals surface area contributed by atoms with Crippen molar-refractivity contribution in [2.45, 2.75) is 56.2 Å². The Bertz CT molecular complexity index is 1260. The average Bonchev–Trinajstić information content (AvgIpc) is 3.36. The SMILES string of the molecule is O=C(NC1CCCC1)N[C@](Cc1ccccc1)(c1cccc(Br)c1)c1cc(F)cc(OC(F)(F)C(F)F)c1. The topological polar surface area (TPSA) is 50.4 Å². The predicted octanol–water partition coefficient (Wildman–Crippen LogP) is 7.55. The molecule has 0 heterocycles. The predicted molar refractivity (Wildman–Crippen MR) is 137 cm³/mol. The number of hydrogen-bond donors (Lipinski definition) is 2. The zero-order chi connectivity index (χ0) is 27.3. The van der Waals surface area contributed by atoms with E-state index in [9.17, 15) is 26.7 Å². The molecule has 0 saturated heterocycles. The standard InChI is InChI=1S/C28H26BrF5N2O2/c29-21-10-6-9-19(13-21)27(17-18-7-2-1-3-8-18,36-26(37)35-23-11-4-5-12-23)20-14-22(30)16-24(15-20)38-28(33,34)25(31)32/h1-3,6-10,13-16,23,25H,4-5,11-12,17H2,(H2,35,36,37)/t27-/m1/s1. The molecule has 4 rings (SSSR count). The molecule has 0 bridgehead atoms. The maximum absolute atomic E-state index is 14.9. The lowest BCUT2D eigenvalue weighted by Crippen LogP contribution is -2.53. The average molecular weight is 597 g/mol. The minimum atomic E-state index is -4.84. The van der Waals surface area contributed by atoms with Crippen LogP contribution < -0.4 is 15.4 Å². The number of rotatable bonds is 9. The molecular weight excluding hydrogens is 571 g/mol. The van der Waals surface area contributed by atoms with Crippen LogP contribution in [0.4, 0.5) is 26.7 Å². The molecule has 3 aromatic carbocycles. The molecule has 202 valence electrons. The fourth-order valence-electron chi connectivity index (χ4n) is 4.77. The van der Waals surface area contributed by atoms with Crippen LogP contribution in [0, 0.1) is 5.82 Å². The largest absolute Gasteiger partial charge is 0.461 e. The van der Waals surface area contributed by atoms with Crippen molar-refractivity contribution in [3.8, 4) is 5.75 Å². The molecule has 1 atom stereocenters. The van der Waals surface area contributed by atoms with Gasteiger partial charge in [0.05, 0.1) is 5.54 Å². The van der Waals surface area contributed by atoms with Gasteiger partial charge >= 0.3 is 18.6 Å². The molecule has 0 radical (unpaired) electrons. The number of hydrogen-bond acceptors (Lipinski definition) is 2. The molecule has 1 aliphatic rings. The van der Waals surface area contributed by atoms with Crippen molar-refractivity contribution in [2.75, 3.05) is 0 Å². The number of carbonyl (C=O) groups excluding carboxylic acids is 1. The first-order valence-corrected chi connectivity index (χ1v) is 12.9. The molecule has 0 aromatic heterocycles. The van der Waals surface area contributed by atoms with Gasteiger partial charge in [0.2, 0.25) is 0 Å². The van der Waals surface area contributed by atoms with Crippen LogP contribution in [0.3, 0.4) is 0 Å². The van der Waals surface area contributed by atoms with Gasteiger partial charge in [0.15, 0.2) is 0 Å². The van der Waals surface area contributed by atoms with Crippen molar-refractivity contribution < 1.29 is 31.5 Å². The lowest BCUT2D eigenvalue weighted by Gasteiger charge is -2.37. The molecule has 1 fully saturated rings. The number of halogens is 6. The Morgan fingerprint density at radius 1 is 0.974 bits per heavy atom. The van der Waals surface area contributed by atoms with E-state index in [0.717, 1.165) is 43.4 Å². The van der Waals surface area contributed by atoms with Crippen LogP contribution in [0.1, 0.15) is 42.4 Å². The Morgan fingerprint density at radius 3 is 2.34 bits per heavy atom. The highest BCUT2D eigenvalue weighted by Crippen LogP contribution is 2.38. The number of ether oxygens (including phenoxy) is 1. The highest BCUT2D eigenvalue weighted by molar-refractivity contribution is 9.10. The van der Waals surface area contributed by atoms with Gasteiger partial charge in [-0.25, -0.2) is 9.18 Å². The van der Waals surface area contributed by atoms with Crippen molar-refractivity contribution in [1.82, 2.24) is 10.6 Å². The first kappa shape index (κ1) is 27.9. The third-order valence-electron chi connectivity index (χ3n) is 6.52. The summed E-state index contributed by atoms with van der Waals surface area (Å²) in [6, 6.07) is 18.1. The van der Waals surface area contributed by atoms with E-state index < -0.39 is 35.7 Å². The summed E-state index contributed by atoms with van der Waals surface area (Å²) in [5.74, 6) is -1.79. The minimum absolute atomic E-state index is 0.0388. The summed E-state index contributed by atoms with van der Waals surface area (Å²) in [7, 11) is 0. The second-order valence-electron chi connectivity index (χ2n) is 9.30. The Morgan fingerprint density at radius 2 is 1.68 bits per heavy atom. The van der Waals surface area contributed by atoms with E-state index in [4.69, 9.17) is 0 Å². The van der Waals surface area contributed by atoms with Gasteiger partial charge in [0.1, 0.15) is 11.6 Å². The van der Waals surface area contributed by atoms with E-state index in [2.05, 4.69) is 31.3 Å². The molecule has 2 N–H and O–H groups in total. The van der Waals surface area contributed by atoms with Crippen LogP contribution in [-0.2, 0) is 12.0 Å². The van der Waals surface area contributed by atoms with E-state index in [0.29, 0.717) is 16.1 Å². The summed E-state index contributed by atoms with van der Waals surface area (Å²) in [6.45, 7) is 0. The second-order valence-corrected chi connectivity index (χ2v) is 10.2. The van der Waals surface area contributed by atoms with Gasteiger partial charge in [-0.1, -0.05) is 71.2 Å². The van der Waals surface area contributed by atoms with Gasteiger partial charge in [0.25, 0.3) is 0 Å². The third-order valence-corrected chi connectivity index (χ3v) is 7.01. The molecule has 10 heteroatoms. The maximum Gasteiger partial charge on any atom is 0.461 e. The Balaban J connectivity index is 1.87. The normalized spacial score (nSPS) is 15.8. The van der Waals surface area contributed by atoms with Gasteiger partial charge in [0, 0.05) is 23.0 Å². The lowest BCUT2D eigenvalue weighted by molar-refractivity contribution is -0.253. The maximum atomic E-state index is 14.9. The molecule has 1 aliphatic carbocycles. The summed E-state index contributed by atoms with van der Waals surface area (Å²) in [5.41, 5.74) is -0.192. The summed E-state index contributed by atoms with van der Waals surface area (Å²) < 4.78 is 73.0. The van der Waals surface area contributed by atoms with Gasteiger partial charge in [-0.15, -0.1) is 0 Å². The summed E-state index contributed by atoms with van der Waals surface area (Å²) in [4.78, 5) is 13.3. The van der Waals surface area contributed by atoms with Crippen molar-refractivity contribution in [3.05, 3.63) is 99.8 Å². The van der Waals surface area contributed by atoms with Crippen LogP contribution >= 0.6 is 15.9 Å². The number of alkyl halides is 4. The molecule has 38 heavy (non-hydrogen) atoms. The van der Waals surface area contributed by atoms with Gasteiger partial charge < -0.3 is 15.4 Å². The number of carbonyl (C=O) groups is 1. The summed E-state index contributed by atoms with van der Waals surface area (Å²) in [6.07, 6.45) is -5.27. The monoisotopic (exact) mass is 596 g/mol. The van der Waals surface area contributed by atoms with Crippen LogP contribution in [-0.4, -0.2) is 24.6 Å². The number of nitrogens with one attached hydrogen (secondary N) is 2. The van der Waals surface area contributed by atoms with Crippen molar-refractivity contribution in [3.63, 3.8) is 0 Å². The molecule has 2 amide bonds. The lowest BCUT2D eigenvalue weighted by atomic mass is 9.77. The molecule has 4 nitrogen and oxygen atoms in total. The van der Waals surface area contributed by atoms with E-state index in [-0.39, 0.29) is 18.0 Å². The Kier molecular flexibility index (Phi) is 8.60. The first-order chi connectivity index (χ1) is 18.1. The first-order valence-electron chi connectivity index (χ1n) is 12.1. The number of urea groups is 1. The summed E-state index contributed by atoms with van der Waals surface area (Å²) in [5, 5.41) is 5.93.